The lowest BCUT2D eigenvalue weighted by molar-refractivity contribution is -0.120. The number of aliphatic hydroxyl groups is 1. The maximum absolute atomic E-state index is 11.6. The summed E-state index contributed by atoms with van der Waals surface area (Å²) < 4.78 is 0. The molecule has 0 saturated heterocycles. The first kappa shape index (κ1) is 19.3. The highest BCUT2D eigenvalue weighted by molar-refractivity contribution is 9.09. The van der Waals surface area contributed by atoms with Crippen molar-refractivity contribution in [1.82, 2.24) is 5.32 Å². The molecule has 148 valence electrons. The second kappa shape index (κ2) is 7.07. The van der Waals surface area contributed by atoms with Gasteiger partial charge in [0.15, 0.2) is 0 Å². The summed E-state index contributed by atoms with van der Waals surface area (Å²) in [5.74, 6) is 2.06. The molecule has 4 nitrogen and oxygen atoms in total. The number of benzene rings is 1. The van der Waals surface area contributed by atoms with Crippen molar-refractivity contribution in [2.24, 2.45) is 17.3 Å². The highest BCUT2D eigenvalue weighted by atomic mass is 79.9. The topological polar surface area (TPSA) is 69.6 Å². The van der Waals surface area contributed by atoms with Gasteiger partial charge < -0.3 is 15.5 Å². The molecule has 1 aromatic carbocycles. The zero-order chi connectivity index (χ0) is 19.2. The number of hydrogen-bond acceptors (Lipinski definition) is 3. The van der Waals surface area contributed by atoms with E-state index in [1.807, 2.05) is 12.1 Å². The molecule has 3 N–H and O–H groups in total. The van der Waals surface area contributed by atoms with Crippen molar-refractivity contribution < 1.29 is 15.0 Å². The molecule has 4 rings (SSSR count). The predicted molar refractivity (Wildman–Crippen MR) is 109 cm³/mol. The van der Waals surface area contributed by atoms with Crippen LogP contribution >= 0.6 is 15.9 Å². The molecule has 2 fully saturated rings. The van der Waals surface area contributed by atoms with Crippen LogP contribution in [0.15, 0.2) is 18.2 Å². The summed E-state index contributed by atoms with van der Waals surface area (Å²) >= 11 is 3.17. The molecule has 5 heteroatoms. The normalized spacial score (nSPS) is 37.2. The van der Waals surface area contributed by atoms with Gasteiger partial charge in [-0.05, 0) is 91.4 Å². The third-order valence-corrected chi connectivity index (χ3v) is 8.52. The lowest BCUT2D eigenvalue weighted by Gasteiger charge is -2.53. The number of aromatic hydroxyl groups is 1. The molecule has 0 heterocycles. The van der Waals surface area contributed by atoms with Gasteiger partial charge in [-0.1, -0.05) is 28.9 Å². The number of fused-ring (bicyclic) bond motifs is 5. The van der Waals surface area contributed by atoms with E-state index in [1.165, 1.54) is 11.1 Å². The van der Waals surface area contributed by atoms with Crippen molar-refractivity contribution in [3.05, 3.63) is 29.3 Å². The van der Waals surface area contributed by atoms with E-state index in [0.717, 1.165) is 38.5 Å². The van der Waals surface area contributed by atoms with E-state index in [1.54, 1.807) is 0 Å². The SMILES string of the molecule is C[C@]12CCC3c4ccc(O)cc4CCC3C1CC[C@@]2(O)CCNC(=O)CBr. The highest BCUT2D eigenvalue weighted by Crippen LogP contribution is 2.65. The molecule has 0 radical (unpaired) electrons. The number of phenols is 1. The van der Waals surface area contributed by atoms with Crippen molar-refractivity contribution in [3.8, 4) is 5.75 Å². The number of aryl methyl sites for hydroxylation is 1. The monoisotopic (exact) mass is 435 g/mol. The largest absolute Gasteiger partial charge is 0.508 e. The fourth-order valence-electron chi connectivity index (χ4n) is 6.55. The Morgan fingerprint density at radius 1 is 1.30 bits per heavy atom. The lowest BCUT2D eigenvalue weighted by Crippen LogP contribution is -2.52. The number of alkyl halides is 1. The van der Waals surface area contributed by atoms with Crippen molar-refractivity contribution >= 4 is 21.8 Å². The van der Waals surface area contributed by atoms with Gasteiger partial charge in [0.05, 0.1) is 10.9 Å². The van der Waals surface area contributed by atoms with E-state index in [-0.39, 0.29) is 11.3 Å². The zero-order valence-corrected chi connectivity index (χ0v) is 17.6. The number of amides is 1. The van der Waals surface area contributed by atoms with Crippen LogP contribution in [0.5, 0.6) is 5.75 Å². The van der Waals surface area contributed by atoms with E-state index in [2.05, 4.69) is 34.2 Å². The van der Waals surface area contributed by atoms with Gasteiger partial charge in [0.1, 0.15) is 5.75 Å². The molecule has 27 heavy (non-hydrogen) atoms. The molecule has 3 unspecified atom stereocenters. The van der Waals surface area contributed by atoms with Crippen molar-refractivity contribution in [2.75, 3.05) is 11.9 Å². The molecule has 3 aliphatic rings. The average Bonchev–Trinajstić information content (AvgIpc) is 2.92. The fourth-order valence-corrected chi connectivity index (χ4v) is 6.74. The van der Waals surface area contributed by atoms with Crippen molar-refractivity contribution in [2.45, 2.75) is 63.4 Å². The molecule has 5 atom stereocenters. The average molecular weight is 436 g/mol. The van der Waals surface area contributed by atoms with Crippen molar-refractivity contribution in [3.63, 3.8) is 0 Å². The summed E-state index contributed by atoms with van der Waals surface area (Å²) in [7, 11) is 0. The Kier molecular flexibility index (Phi) is 5.04. The first-order valence-electron chi connectivity index (χ1n) is 10.2. The third kappa shape index (κ3) is 3.11. The summed E-state index contributed by atoms with van der Waals surface area (Å²) in [6.45, 7) is 2.83. The highest BCUT2D eigenvalue weighted by Gasteiger charge is 2.61. The van der Waals surface area contributed by atoms with Crippen LogP contribution in [0.1, 0.15) is 62.5 Å². The Morgan fingerprint density at radius 3 is 2.89 bits per heavy atom. The maximum Gasteiger partial charge on any atom is 0.230 e. The predicted octanol–water partition coefficient (Wildman–Crippen LogP) is 3.88. The van der Waals surface area contributed by atoms with Crippen LogP contribution in [0.25, 0.3) is 0 Å². The molecule has 0 aliphatic heterocycles. The van der Waals surface area contributed by atoms with E-state index in [4.69, 9.17) is 0 Å². The minimum atomic E-state index is -0.683. The van der Waals surface area contributed by atoms with Gasteiger partial charge in [-0.2, -0.15) is 0 Å². The number of phenolic OH excluding ortho intramolecular Hbond substituents is 1. The molecule has 2 saturated carbocycles. The molecule has 0 aromatic heterocycles. The van der Waals surface area contributed by atoms with Gasteiger partial charge >= 0.3 is 0 Å². The lowest BCUT2D eigenvalue weighted by atomic mass is 9.53. The zero-order valence-electron chi connectivity index (χ0n) is 16.0. The Balaban J connectivity index is 1.53. The molecule has 0 spiro atoms. The third-order valence-electron chi connectivity index (χ3n) is 8.01. The first-order valence-corrected chi connectivity index (χ1v) is 11.4. The van der Waals surface area contributed by atoms with Gasteiger partial charge in [0, 0.05) is 6.54 Å². The van der Waals surface area contributed by atoms with Crippen LogP contribution in [0.2, 0.25) is 0 Å². The van der Waals surface area contributed by atoms with Crippen molar-refractivity contribution in [1.29, 1.82) is 0 Å². The number of carbonyl (C=O) groups is 1. The second-order valence-corrected chi connectivity index (χ2v) is 9.62. The Hall–Kier alpha value is -1.07. The second-order valence-electron chi connectivity index (χ2n) is 9.06. The minimum absolute atomic E-state index is 0.0193. The quantitative estimate of drug-likeness (QED) is 0.628. The van der Waals surface area contributed by atoms with Crippen LogP contribution in [-0.4, -0.2) is 33.6 Å². The molecule has 3 aliphatic carbocycles. The molecule has 1 amide bonds. The van der Waals surface area contributed by atoms with Crippen LogP contribution < -0.4 is 5.32 Å². The summed E-state index contributed by atoms with van der Waals surface area (Å²) in [6.07, 6.45) is 6.86. The number of hydrogen-bond donors (Lipinski definition) is 3. The number of carbonyl (C=O) groups excluding carboxylic acids is 1. The summed E-state index contributed by atoms with van der Waals surface area (Å²) in [6, 6.07) is 5.89. The van der Waals surface area contributed by atoms with E-state index in [9.17, 15) is 15.0 Å². The van der Waals surface area contributed by atoms with E-state index in [0.29, 0.717) is 41.8 Å². The number of halogens is 1. The van der Waals surface area contributed by atoms with Gasteiger partial charge in [-0.15, -0.1) is 0 Å². The Labute approximate surface area is 169 Å². The summed E-state index contributed by atoms with van der Waals surface area (Å²) in [5.41, 5.74) is 1.98. The van der Waals surface area contributed by atoms with E-state index >= 15 is 0 Å². The maximum atomic E-state index is 11.6. The minimum Gasteiger partial charge on any atom is -0.508 e. The standard InChI is InChI=1S/C22H30BrNO3/c1-21-8-6-17-16-5-3-15(25)12-14(16)2-4-18(17)19(21)7-9-22(21,27)10-11-24-20(26)13-23/h3,5,12,17-19,25,27H,2,4,6-11,13H2,1H3,(H,24,26)/t17?,18?,19?,21-,22+/m0/s1. The van der Waals surface area contributed by atoms with Crippen LogP contribution in [0.4, 0.5) is 0 Å². The smallest absolute Gasteiger partial charge is 0.230 e. The molecular formula is C22H30BrNO3. The molecule has 1 aromatic rings. The number of nitrogens with one attached hydrogen (secondary N) is 1. The summed E-state index contributed by atoms with van der Waals surface area (Å²) in [4.78, 5) is 11.5. The Morgan fingerprint density at radius 2 is 2.11 bits per heavy atom. The van der Waals surface area contributed by atoms with Gasteiger partial charge in [-0.3, -0.25) is 4.79 Å². The van der Waals surface area contributed by atoms with Crippen LogP contribution in [-0.2, 0) is 11.2 Å². The van der Waals surface area contributed by atoms with Gasteiger partial charge in [0.25, 0.3) is 0 Å². The summed E-state index contributed by atoms with van der Waals surface area (Å²) in [5, 5.41) is 24.6. The van der Waals surface area contributed by atoms with Gasteiger partial charge in [-0.25, -0.2) is 0 Å². The molecular weight excluding hydrogens is 406 g/mol. The molecule has 0 bridgehead atoms. The van der Waals surface area contributed by atoms with Gasteiger partial charge in [0.2, 0.25) is 5.91 Å². The van der Waals surface area contributed by atoms with Crippen LogP contribution in [0, 0.1) is 17.3 Å². The first-order chi connectivity index (χ1) is 12.9. The van der Waals surface area contributed by atoms with E-state index < -0.39 is 5.60 Å². The number of rotatable bonds is 4. The fraction of sp³-hybridized carbons (Fsp3) is 0.682. The Bertz CT molecular complexity index is 738. The van der Waals surface area contributed by atoms with Crippen LogP contribution in [0.3, 0.4) is 0 Å².